The molecule has 0 aliphatic carbocycles. The van der Waals surface area contributed by atoms with Crippen LogP contribution in [0.2, 0.25) is 0 Å². The molecule has 0 radical (unpaired) electrons. The Labute approximate surface area is 177 Å². The van der Waals surface area contributed by atoms with Crippen LogP contribution in [0.15, 0.2) is 89.7 Å². The van der Waals surface area contributed by atoms with Crippen LogP contribution in [0.1, 0.15) is 5.56 Å². The number of nitro groups is 1. The van der Waals surface area contributed by atoms with Gasteiger partial charge in [-0.2, -0.15) is 5.26 Å². The minimum atomic E-state index is -0.490. The van der Waals surface area contributed by atoms with E-state index in [0.717, 1.165) is 0 Å². The fraction of sp³-hybridized carbons (Fsp3) is 0. The summed E-state index contributed by atoms with van der Waals surface area (Å²) in [6.07, 6.45) is 0. The molecule has 4 aromatic rings. The van der Waals surface area contributed by atoms with Crippen LogP contribution in [0, 0.1) is 21.4 Å². The zero-order valence-corrected chi connectivity index (χ0v) is 16.1. The largest absolute Gasteiger partial charge is 0.457 e. The van der Waals surface area contributed by atoms with Crippen LogP contribution in [-0.4, -0.2) is 9.91 Å². The second-order valence-electron chi connectivity index (χ2n) is 6.65. The van der Waals surface area contributed by atoms with Crippen molar-refractivity contribution < 1.29 is 9.66 Å². The number of aromatic amines is 1. The molecule has 31 heavy (non-hydrogen) atoms. The monoisotopic (exact) mass is 409 g/mol. The minimum absolute atomic E-state index is 0.0117. The highest BCUT2D eigenvalue weighted by Crippen LogP contribution is 2.28. The fourth-order valence-electron chi connectivity index (χ4n) is 3.12. The second-order valence-corrected chi connectivity index (χ2v) is 6.65. The van der Waals surface area contributed by atoms with Gasteiger partial charge in [-0.25, -0.2) is 0 Å². The van der Waals surface area contributed by atoms with Gasteiger partial charge in [0.1, 0.15) is 23.1 Å². The summed E-state index contributed by atoms with van der Waals surface area (Å²) < 4.78 is 5.78. The molecule has 0 fully saturated rings. The Morgan fingerprint density at radius 2 is 1.48 bits per heavy atom. The lowest BCUT2D eigenvalue weighted by Gasteiger charge is -2.10. The summed E-state index contributed by atoms with van der Waals surface area (Å²) in [5.41, 5.74) is 1.56. The number of nitrogens with one attached hydrogen (secondary N) is 1. The smallest absolute Gasteiger partial charge is 0.269 e. The predicted molar refractivity (Wildman–Crippen MR) is 116 cm³/mol. The van der Waals surface area contributed by atoms with Crippen molar-refractivity contribution in [3.8, 4) is 40.1 Å². The number of pyridine rings is 1. The van der Waals surface area contributed by atoms with Crippen LogP contribution < -0.4 is 10.2 Å². The van der Waals surface area contributed by atoms with Crippen molar-refractivity contribution in [3.05, 3.63) is 111 Å². The first-order valence-electron chi connectivity index (χ1n) is 9.31. The number of nitrogens with zero attached hydrogens (tertiary/aromatic N) is 2. The van der Waals surface area contributed by atoms with Crippen LogP contribution in [0.3, 0.4) is 0 Å². The van der Waals surface area contributed by atoms with Crippen LogP contribution in [0.4, 0.5) is 5.69 Å². The summed E-state index contributed by atoms with van der Waals surface area (Å²) in [7, 11) is 0. The van der Waals surface area contributed by atoms with E-state index in [-0.39, 0.29) is 11.3 Å². The molecule has 0 spiro atoms. The summed E-state index contributed by atoms with van der Waals surface area (Å²) in [6, 6.07) is 25.4. The van der Waals surface area contributed by atoms with E-state index in [0.29, 0.717) is 34.0 Å². The Morgan fingerprint density at radius 3 is 2.10 bits per heavy atom. The third-order valence-electron chi connectivity index (χ3n) is 4.65. The van der Waals surface area contributed by atoms with E-state index in [4.69, 9.17) is 4.74 Å². The number of nitriles is 1. The number of non-ortho nitro benzene ring substituents is 1. The molecular weight excluding hydrogens is 394 g/mol. The molecule has 7 nitrogen and oxygen atoms in total. The maximum absolute atomic E-state index is 12.5. The molecule has 4 rings (SSSR count). The van der Waals surface area contributed by atoms with Crippen molar-refractivity contribution in [2.45, 2.75) is 0 Å². The van der Waals surface area contributed by atoms with E-state index >= 15 is 0 Å². The van der Waals surface area contributed by atoms with Crippen molar-refractivity contribution in [2.75, 3.05) is 0 Å². The van der Waals surface area contributed by atoms with Crippen molar-refractivity contribution in [1.82, 2.24) is 4.98 Å². The molecule has 0 amide bonds. The molecule has 0 atom stereocenters. The number of hydrogen-bond acceptors (Lipinski definition) is 5. The molecule has 0 aliphatic rings. The molecule has 3 aromatic carbocycles. The molecule has 7 heteroatoms. The average molecular weight is 409 g/mol. The van der Waals surface area contributed by atoms with Crippen LogP contribution in [0.25, 0.3) is 22.5 Å². The average Bonchev–Trinajstić information content (AvgIpc) is 2.80. The van der Waals surface area contributed by atoms with Crippen molar-refractivity contribution in [3.63, 3.8) is 0 Å². The molecule has 0 bridgehead atoms. The van der Waals surface area contributed by atoms with E-state index < -0.39 is 10.4 Å². The highest BCUT2D eigenvalue weighted by molar-refractivity contribution is 5.72. The highest BCUT2D eigenvalue weighted by atomic mass is 16.6. The Hall–Kier alpha value is -4.70. The molecule has 1 heterocycles. The summed E-state index contributed by atoms with van der Waals surface area (Å²) in [4.78, 5) is 26.0. The van der Waals surface area contributed by atoms with Crippen molar-refractivity contribution in [2.24, 2.45) is 0 Å². The fourth-order valence-corrected chi connectivity index (χ4v) is 3.12. The zero-order valence-electron chi connectivity index (χ0n) is 16.1. The quantitative estimate of drug-likeness (QED) is 0.356. The van der Waals surface area contributed by atoms with Crippen LogP contribution in [-0.2, 0) is 0 Å². The number of H-pyrrole nitrogens is 1. The van der Waals surface area contributed by atoms with E-state index in [1.54, 1.807) is 36.4 Å². The number of benzene rings is 3. The first-order chi connectivity index (χ1) is 15.0. The summed E-state index contributed by atoms with van der Waals surface area (Å²) in [5.74, 6) is 1.31. The topological polar surface area (TPSA) is 109 Å². The van der Waals surface area contributed by atoms with E-state index in [1.807, 2.05) is 36.4 Å². The number of rotatable bonds is 5. The predicted octanol–water partition coefficient (Wildman–Crippen LogP) is 5.28. The lowest BCUT2D eigenvalue weighted by atomic mass is 10.0. The Bertz CT molecular complexity index is 1340. The van der Waals surface area contributed by atoms with Crippen molar-refractivity contribution in [1.29, 1.82) is 5.26 Å². The Balaban J connectivity index is 1.71. The second kappa shape index (κ2) is 8.35. The molecule has 1 aromatic heterocycles. The summed E-state index contributed by atoms with van der Waals surface area (Å²) in [6.45, 7) is 0. The summed E-state index contributed by atoms with van der Waals surface area (Å²) >= 11 is 0. The standard InChI is InChI=1S/C24H15N3O4/c25-15-21-23(28)14-22(16-6-10-18(11-7-16)27(29)30)26-24(21)17-8-12-20(13-9-17)31-19-4-2-1-3-5-19/h1-14H,(H,26,28). The van der Waals surface area contributed by atoms with Crippen molar-refractivity contribution >= 4 is 5.69 Å². The maximum atomic E-state index is 12.5. The van der Waals surface area contributed by atoms with Gasteiger partial charge in [-0.05, 0) is 59.7 Å². The van der Waals surface area contributed by atoms with Crippen LogP contribution in [0.5, 0.6) is 11.5 Å². The van der Waals surface area contributed by atoms with E-state index in [2.05, 4.69) is 4.98 Å². The van der Waals surface area contributed by atoms with Gasteiger partial charge >= 0.3 is 0 Å². The van der Waals surface area contributed by atoms with Crippen LogP contribution >= 0.6 is 0 Å². The SMILES string of the molecule is N#Cc1c(-c2ccc(Oc3ccccc3)cc2)[nH]c(-c2ccc([N+](=O)[O-])cc2)cc1=O. The van der Waals surface area contributed by atoms with Gasteiger partial charge in [0.2, 0.25) is 5.43 Å². The number of nitro benzene ring substituents is 1. The molecule has 0 saturated heterocycles. The van der Waals surface area contributed by atoms with Gasteiger partial charge in [0.25, 0.3) is 5.69 Å². The van der Waals surface area contributed by atoms with Gasteiger partial charge in [-0.15, -0.1) is 0 Å². The third-order valence-corrected chi connectivity index (χ3v) is 4.65. The molecule has 0 unspecified atom stereocenters. The first-order valence-corrected chi connectivity index (χ1v) is 9.31. The van der Waals surface area contributed by atoms with Gasteiger partial charge in [0.05, 0.1) is 10.6 Å². The third kappa shape index (κ3) is 4.18. The number of aromatic nitrogens is 1. The Morgan fingerprint density at radius 1 is 0.871 bits per heavy atom. The normalized spacial score (nSPS) is 10.3. The molecular formula is C24H15N3O4. The first kappa shape index (κ1) is 19.6. The Kier molecular flexibility index (Phi) is 5.28. The number of ether oxygens (including phenoxy) is 1. The maximum Gasteiger partial charge on any atom is 0.269 e. The molecule has 150 valence electrons. The molecule has 0 aliphatic heterocycles. The van der Waals surface area contributed by atoms with Gasteiger partial charge < -0.3 is 9.72 Å². The molecule has 1 N–H and O–H groups in total. The lowest BCUT2D eigenvalue weighted by molar-refractivity contribution is -0.384. The van der Waals surface area contributed by atoms with Gasteiger partial charge in [0, 0.05) is 23.9 Å². The highest BCUT2D eigenvalue weighted by Gasteiger charge is 2.14. The van der Waals surface area contributed by atoms with E-state index in [1.165, 1.54) is 18.2 Å². The lowest BCUT2D eigenvalue weighted by Crippen LogP contribution is -2.09. The van der Waals surface area contributed by atoms with Gasteiger partial charge in [0.15, 0.2) is 0 Å². The summed E-state index contributed by atoms with van der Waals surface area (Å²) in [5, 5.41) is 20.4. The van der Waals surface area contributed by atoms with Gasteiger partial charge in [-0.3, -0.25) is 14.9 Å². The van der Waals surface area contributed by atoms with Gasteiger partial charge in [-0.1, -0.05) is 18.2 Å². The zero-order chi connectivity index (χ0) is 21.8. The number of para-hydroxylation sites is 1. The van der Waals surface area contributed by atoms with E-state index in [9.17, 15) is 20.2 Å². The number of hydrogen-bond donors (Lipinski definition) is 1. The minimum Gasteiger partial charge on any atom is -0.457 e. The molecule has 0 saturated carbocycles.